The summed E-state index contributed by atoms with van der Waals surface area (Å²) < 4.78 is 0. The molecule has 0 bridgehead atoms. The molecule has 1 fully saturated rings. The number of aliphatic hydroxyl groups excluding tert-OH is 1. The molecule has 15 N–H and O–H groups in total. The Morgan fingerprint density at radius 3 is 1.91 bits per heavy atom. The minimum atomic E-state index is -1.80. The Bertz CT molecular complexity index is 2100. The predicted octanol–water partition coefficient (Wildman–Crippen LogP) is -2.40. The lowest BCUT2D eigenvalue weighted by molar-refractivity contribution is -0.146. The highest BCUT2D eigenvalue weighted by atomic mass is 32.2. The van der Waals surface area contributed by atoms with Crippen LogP contribution in [0.2, 0.25) is 0 Å². The van der Waals surface area contributed by atoms with Gasteiger partial charge in [-0.05, 0) is 87.8 Å². The molecule has 1 aliphatic heterocycles. The Morgan fingerprint density at radius 2 is 1.33 bits per heavy atom. The van der Waals surface area contributed by atoms with Crippen LogP contribution in [0.1, 0.15) is 98.0 Å². The molecule has 10 atom stereocenters. The fraction of sp³-hybridized carbons (Fsp3) is 0.653. The van der Waals surface area contributed by atoms with Crippen molar-refractivity contribution in [1.29, 1.82) is 0 Å². The van der Waals surface area contributed by atoms with E-state index in [1.807, 2.05) is 0 Å². The number of hydrogen-bond acceptors (Lipinski definition) is 15. The van der Waals surface area contributed by atoms with Gasteiger partial charge in [0.25, 0.3) is 0 Å². The van der Waals surface area contributed by atoms with Crippen molar-refractivity contribution in [3.05, 3.63) is 35.9 Å². The monoisotopic (exact) mass is 1080 g/mol. The number of aliphatic carboxylic acids is 2. The smallest absolute Gasteiger partial charge is 0.326 e. The van der Waals surface area contributed by atoms with Crippen molar-refractivity contribution in [3.8, 4) is 0 Å². The number of aliphatic hydroxyl groups is 1. The first-order chi connectivity index (χ1) is 35.5. The molecule has 2 rings (SSSR count). The molecule has 420 valence electrons. The van der Waals surface area contributed by atoms with E-state index in [0.717, 1.165) is 4.90 Å². The highest BCUT2D eigenvalue weighted by Crippen LogP contribution is 2.21. The van der Waals surface area contributed by atoms with Crippen LogP contribution in [0.15, 0.2) is 30.3 Å². The molecule has 0 aromatic heterocycles. The standard InChI is InChI=1S/C49H79N11O14S/c1-7-28(4)40(58-37(62)25-51)46(70)59-41(29(5)61)47(71)57-35(24-39(64)65)48(72)60-20-13-17-36(60)45(69)56-33(22-27(2)3)43(67)55-34(23-30-14-9-8-10-15-30)44(68)54-31(16-11-12-19-50)42(66)52-26-38(63)53-32(49(73)74)18-21-75-6/h8-10,14-15,27-29,31-36,40-41,61H,7,11-13,16-26,50-51H2,1-6H3,(H,52,66)(H,53,63)(H,54,68)(H,55,67)(H,56,69)(H,57,71)(H,58,62)(H,59,70)(H,64,65)(H,73,74)/t28-,29+,31-,32-,33-,34-,35-,36-,40-,41-/m0/s1. The topological polar surface area (TPSA) is 400 Å². The zero-order valence-corrected chi connectivity index (χ0v) is 44.5. The summed E-state index contributed by atoms with van der Waals surface area (Å²) in [6.07, 6.45) is 1.09. The summed E-state index contributed by atoms with van der Waals surface area (Å²) in [5.41, 5.74) is 11.7. The van der Waals surface area contributed by atoms with E-state index in [4.69, 9.17) is 11.5 Å². The molecule has 0 spiro atoms. The first-order valence-electron chi connectivity index (χ1n) is 25.2. The maximum absolute atomic E-state index is 14.3. The van der Waals surface area contributed by atoms with E-state index < -0.39 is 145 Å². The fourth-order valence-corrected chi connectivity index (χ4v) is 8.56. The van der Waals surface area contributed by atoms with Gasteiger partial charge >= 0.3 is 11.9 Å². The number of nitrogens with zero attached hydrogens (tertiary/aromatic N) is 1. The molecule has 26 heteroatoms. The van der Waals surface area contributed by atoms with Gasteiger partial charge in [0.2, 0.25) is 53.2 Å². The van der Waals surface area contributed by atoms with Gasteiger partial charge in [-0.15, -0.1) is 0 Å². The van der Waals surface area contributed by atoms with E-state index >= 15 is 0 Å². The average molecular weight is 1080 g/mol. The van der Waals surface area contributed by atoms with Gasteiger partial charge in [-0.3, -0.25) is 47.9 Å². The van der Waals surface area contributed by atoms with E-state index in [9.17, 15) is 68.1 Å². The van der Waals surface area contributed by atoms with Crippen molar-refractivity contribution in [1.82, 2.24) is 47.4 Å². The van der Waals surface area contributed by atoms with Crippen LogP contribution < -0.4 is 54.0 Å². The third-order valence-corrected chi connectivity index (χ3v) is 13.0. The number of rotatable bonds is 34. The number of amides is 9. The van der Waals surface area contributed by atoms with Crippen LogP contribution in [0.25, 0.3) is 0 Å². The van der Waals surface area contributed by atoms with Gasteiger partial charge in [0, 0.05) is 13.0 Å². The summed E-state index contributed by atoms with van der Waals surface area (Å²) in [6.45, 7) is 7.38. The van der Waals surface area contributed by atoms with E-state index in [2.05, 4.69) is 42.5 Å². The number of likely N-dealkylation sites (tertiary alicyclic amines) is 1. The van der Waals surface area contributed by atoms with E-state index in [0.29, 0.717) is 30.6 Å². The summed E-state index contributed by atoms with van der Waals surface area (Å²) >= 11 is 1.40. The molecular weight excluding hydrogens is 999 g/mol. The minimum absolute atomic E-state index is 0.0437. The van der Waals surface area contributed by atoms with Crippen LogP contribution in [0.4, 0.5) is 0 Å². The number of unbranched alkanes of at least 4 members (excludes halogenated alkanes) is 1. The summed E-state index contributed by atoms with van der Waals surface area (Å²) in [7, 11) is 0. The summed E-state index contributed by atoms with van der Waals surface area (Å²) in [5.74, 6) is -10.4. The molecule has 9 amide bonds. The van der Waals surface area contributed by atoms with Crippen LogP contribution >= 0.6 is 11.8 Å². The van der Waals surface area contributed by atoms with E-state index in [1.54, 1.807) is 64.3 Å². The molecule has 25 nitrogen and oxygen atoms in total. The van der Waals surface area contributed by atoms with Crippen molar-refractivity contribution in [2.24, 2.45) is 23.3 Å². The lowest BCUT2D eigenvalue weighted by Gasteiger charge is -2.31. The SMILES string of the molecule is CC[C@H](C)[C@H](NC(=O)CN)C(=O)N[C@H](C(=O)N[C@@H](CC(=O)O)C(=O)N1CCC[C@H]1C(=O)N[C@@H](CC(C)C)C(=O)N[C@@H](Cc1ccccc1)C(=O)N[C@@H](CCCCN)C(=O)NCC(=O)N[C@@H](CCSC)C(=O)O)[C@@H](C)O. The predicted molar refractivity (Wildman–Crippen MR) is 277 cm³/mol. The van der Waals surface area contributed by atoms with Crippen LogP contribution in [-0.4, -0.2) is 178 Å². The first kappa shape index (κ1) is 64.7. The molecule has 1 aromatic carbocycles. The first-order valence-corrected chi connectivity index (χ1v) is 26.6. The minimum Gasteiger partial charge on any atom is -0.481 e. The molecule has 1 saturated heterocycles. The fourth-order valence-electron chi connectivity index (χ4n) is 8.09. The second-order valence-corrected chi connectivity index (χ2v) is 19.9. The van der Waals surface area contributed by atoms with Crippen molar-refractivity contribution >= 4 is 76.9 Å². The molecular formula is C49H79N11O14S. The second kappa shape index (κ2) is 33.5. The number of hydrogen-bond donors (Lipinski definition) is 13. The van der Waals surface area contributed by atoms with Crippen LogP contribution in [0.5, 0.6) is 0 Å². The molecule has 0 aliphatic carbocycles. The largest absolute Gasteiger partial charge is 0.481 e. The molecule has 0 unspecified atom stereocenters. The van der Waals surface area contributed by atoms with Crippen molar-refractivity contribution in [3.63, 3.8) is 0 Å². The highest BCUT2D eigenvalue weighted by Gasteiger charge is 2.42. The molecule has 1 heterocycles. The number of benzene rings is 1. The number of nitrogens with two attached hydrogens (primary N) is 2. The van der Waals surface area contributed by atoms with Crippen molar-refractivity contribution in [2.45, 2.75) is 153 Å². The second-order valence-electron chi connectivity index (χ2n) is 19.0. The number of carboxylic acid groups (broad SMARTS) is 2. The zero-order valence-electron chi connectivity index (χ0n) is 43.7. The van der Waals surface area contributed by atoms with Gasteiger partial charge in [0.05, 0.1) is 25.6 Å². The van der Waals surface area contributed by atoms with Gasteiger partial charge in [0.15, 0.2) is 0 Å². The summed E-state index contributed by atoms with van der Waals surface area (Å²) in [4.78, 5) is 147. The van der Waals surface area contributed by atoms with Crippen molar-refractivity contribution < 1.29 is 68.1 Å². The highest BCUT2D eigenvalue weighted by molar-refractivity contribution is 7.98. The number of carbonyl (C=O) groups excluding carboxylic acids is 9. The van der Waals surface area contributed by atoms with Gasteiger partial charge in [-0.1, -0.05) is 64.4 Å². The number of nitrogens with one attached hydrogen (secondary N) is 8. The maximum atomic E-state index is 14.3. The molecule has 0 radical (unpaired) electrons. The Morgan fingerprint density at radius 1 is 0.707 bits per heavy atom. The Hall–Kier alpha value is -6.38. The van der Waals surface area contributed by atoms with Gasteiger partial charge in [-0.2, -0.15) is 11.8 Å². The van der Waals surface area contributed by atoms with Crippen LogP contribution in [0, 0.1) is 11.8 Å². The Labute approximate surface area is 441 Å². The van der Waals surface area contributed by atoms with Crippen molar-refractivity contribution in [2.75, 3.05) is 38.2 Å². The quantitative estimate of drug-likeness (QED) is 0.0320. The Kier molecular flexibility index (Phi) is 28.9. The molecule has 0 saturated carbocycles. The lowest BCUT2D eigenvalue weighted by atomic mass is 9.97. The third-order valence-electron chi connectivity index (χ3n) is 12.4. The number of carboxylic acids is 2. The molecule has 1 aliphatic rings. The van der Waals surface area contributed by atoms with Gasteiger partial charge in [0.1, 0.15) is 48.3 Å². The average Bonchev–Trinajstić information content (AvgIpc) is 3.86. The van der Waals surface area contributed by atoms with Crippen LogP contribution in [-0.2, 0) is 59.2 Å². The van der Waals surface area contributed by atoms with E-state index in [-0.39, 0.29) is 57.5 Å². The van der Waals surface area contributed by atoms with Crippen LogP contribution in [0.3, 0.4) is 0 Å². The van der Waals surface area contributed by atoms with E-state index in [1.165, 1.54) is 18.7 Å². The lowest BCUT2D eigenvalue weighted by Crippen LogP contribution is -2.62. The van der Waals surface area contributed by atoms with Gasteiger partial charge < -0.3 is 74.2 Å². The molecule has 75 heavy (non-hydrogen) atoms. The molecule has 1 aromatic rings. The summed E-state index contributed by atoms with van der Waals surface area (Å²) in [6, 6.07) is -2.36. The normalized spacial score (nSPS) is 16.8. The van der Waals surface area contributed by atoms with Gasteiger partial charge in [-0.25, -0.2) is 4.79 Å². The number of thioether (sulfide) groups is 1. The summed E-state index contributed by atoms with van der Waals surface area (Å²) in [5, 5.41) is 50.0. The number of carbonyl (C=O) groups is 11. The Balaban J connectivity index is 2.38. The maximum Gasteiger partial charge on any atom is 0.326 e. The zero-order chi connectivity index (χ0) is 56.4. The third kappa shape index (κ3) is 22.6.